The van der Waals surface area contributed by atoms with Crippen molar-refractivity contribution in [2.75, 3.05) is 6.61 Å². The predicted octanol–water partition coefficient (Wildman–Crippen LogP) is 2.72. The molecule has 1 aromatic rings. The first-order valence-electron chi connectivity index (χ1n) is 6.90. The van der Waals surface area contributed by atoms with Crippen LogP contribution >= 0.6 is 11.3 Å². The molecule has 0 aromatic carbocycles. The molecule has 1 aliphatic rings. The molecule has 3 N–H and O–H groups in total. The molecular weight excluding hydrogens is 244 g/mol. The zero-order valence-corrected chi connectivity index (χ0v) is 11.9. The van der Waals surface area contributed by atoms with Crippen LogP contribution in [0.15, 0.2) is 16.8 Å². The molecule has 0 radical (unpaired) electrons. The lowest BCUT2D eigenvalue weighted by molar-refractivity contribution is -0.0292. The number of thiophene rings is 1. The average molecular weight is 268 g/mol. The van der Waals surface area contributed by atoms with Gasteiger partial charge in [0.25, 0.3) is 0 Å². The Morgan fingerprint density at radius 1 is 1.56 bits per heavy atom. The lowest BCUT2D eigenvalue weighted by Gasteiger charge is -2.36. The molecule has 4 heteroatoms. The molecule has 0 spiro atoms. The lowest BCUT2D eigenvalue weighted by atomic mass is 9.77. The van der Waals surface area contributed by atoms with Crippen molar-refractivity contribution in [2.45, 2.75) is 51.2 Å². The Morgan fingerprint density at radius 2 is 2.39 bits per heavy atom. The summed E-state index contributed by atoms with van der Waals surface area (Å²) >= 11 is 1.77. The van der Waals surface area contributed by atoms with Crippen LogP contribution in [0.3, 0.4) is 0 Å². The number of hydrogen-bond acceptors (Lipinski definition) is 4. The van der Waals surface area contributed by atoms with Crippen LogP contribution in [-0.2, 0) is 11.2 Å². The third-order valence-corrected chi connectivity index (χ3v) is 4.54. The molecule has 0 saturated heterocycles. The third-order valence-electron chi connectivity index (χ3n) is 3.81. The van der Waals surface area contributed by atoms with Crippen molar-refractivity contribution in [1.82, 2.24) is 5.43 Å². The minimum atomic E-state index is 0.442. The molecule has 0 amide bonds. The number of ether oxygens (including phenoxy) is 1. The maximum absolute atomic E-state index is 5.65. The first kappa shape index (κ1) is 14.0. The maximum atomic E-state index is 5.65. The highest BCUT2D eigenvalue weighted by atomic mass is 32.1. The first-order chi connectivity index (χ1) is 8.81. The molecule has 1 saturated carbocycles. The molecule has 1 unspecified atom stereocenters. The van der Waals surface area contributed by atoms with Crippen molar-refractivity contribution >= 4 is 11.3 Å². The van der Waals surface area contributed by atoms with Crippen molar-refractivity contribution < 1.29 is 4.74 Å². The first-order valence-corrected chi connectivity index (χ1v) is 7.85. The molecule has 3 nitrogen and oxygen atoms in total. The zero-order chi connectivity index (χ0) is 12.8. The van der Waals surface area contributed by atoms with Crippen molar-refractivity contribution in [1.29, 1.82) is 0 Å². The molecule has 2 rings (SSSR count). The van der Waals surface area contributed by atoms with Crippen molar-refractivity contribution in [3.05, 3.63) is 22.4 Å². The summed E-state index contributed by atoms with van der Waals surface area (Å²) in [4.78, 5) is 0. The van der Waals surface area contributed by atoms with Gasteiger partial charge in [0.05, 0.1) is 6.10 Å². The van der Waals surface area contributed by atoms with Gasteiger partial charge in [-0.1, -0.05) is 0 Å². The van der Waals surface area contributed by atoms with E-state index in [-0.39, 0.29) is 0 Å². The Hall–Kier alpha value is -0.420. The van der Waals surface area contributed by atoms with Crippen LogP contribution in [0.1, 0.15) is 38.2 Å². The molecule has 0 aliphatic heterocycles. The fraction of sp³-hybridized carbons (Fsp3) is 0.714. The summed E-state index contributed by atoms with van der Waals surface area (Å²) in [7, 11) is 0. The van der Waals surface area contributed by atoms with E-state index in [0.717, 1.165) is 25.4 Å². The van der Waals surface area contributed by atoms with E-state index < -0.39 is 0 Å². The van der Waals surface area contributed by atoms with Gasteiger partial charge in [0, 0.05) is 12.6 Å². The van der Waals surface area contributed by atoms with Crippen LogP contribution in [0.25, 0.3) is 0 Å². The smallest absolute Gasteiger partial charge is 0.0580 e. The highest BCUT2D eigenvalue weighted by molar-refractivity contribution is 7.07. The summed E-state index contributed by atoms with van der Waals surface area (Å²) in [6, 6.07) is 2.64. The predicted molar refractivity (Wildman–Crippen MR) is 76.5 cm³/mol. The summed E-state index contributed by atoms with van der Waals surface area (Å²) in [5.74, 6) is 6.45. The van der Waals surface area contributed by atoms with Crippen molar-refractivity contribution in [3.63, 3.8) is 0 Å². The molecule has 1 aromatic heterocycles. The van der Waals surface area contributed by atoms with E-state index in [1.54, 1.807) is 11.3 Å². The van der Waals surface area contributed by atoms with Gasteiger partial charge in [-0.3, -0.25) is 11.3 Å². The monoisotopic (exact) mass is 268 g/mol. The summed E-state index contributed by atoms with van der Waals surface area (Å²) in [6.07, 6.45) is 6.37. The SMILES string of the molecule is CCOC1CC(CC(CCc2ccsc2)NN)C1. The molecule has 1 atom stereocenters. The van der Waals surface area contributed by atoms with Crippen LogP contribution in [0.4, 0.5) is 0 Å². The Kier molecular flexibility index (Phi) is 5.63. The topological polar surface area (TPSA) is 47.3 Å². The van der Waals surface area contributed by atoms with E-state index in [0.29, 0.717) is 12.1 Å². The Balaban J connectivity index is 1.64. The van der Waals surface area contributed by atoms with E-state index >= 15 is 0 Å². The summed E-state index contributed by atoms with van der Waals surface area (Å²) < 4.78 is 5.59. The summed E-state index contributed by atoms with van der Waals surface area (Å²) in [5, 5.41) is 4.36. The van der Waals surface area contributed by atoms with Gasteiger partial charge in [0.15, 0.2) is 0 Å². The summed E-state index contributed by atoms with van der Waals surface area (Å²) in [6.45, 7) is 2.91. The van der Waals surface area contributed by atoms with Crippen LogP contribution in [0, 0.1) is 5.92 Å². The molecule has 102 valence electrons. The number of aryl methyl sites for hydroxylation is 1. The molecule has 1 aliphatic carbocycles. The third kappa shape index (κ3) is 4.05. The van der Waals surface area contributed by atoms with Gasteiger partial charge in [0.2, 0.25) is 0 Å². The second kappa shape index (κ2) is 7.24. The number of nitrogens with one attached hydrogen (secondary N) is 1. The van der Waals surface area contributed by atoms with E-state index in [4.69, 9.17) is 10.6 Å². The molecular formula is C14H24N2OS. The van der Waals surface area contributed by atoms with E-state index in [1.807, 2.05) is 0 Å². The second-order valence-electron chi connectivity index (χ2n) is 5.18. The minimum absolute atomic E-state index is 0.442. The van der Waals surface area contributed by atoms with Gasteiger partial charge in [-0.25, -0.2) is 0 Å². The summed E-state index contributed by atoms with van der Waals surface area (Å²) in [5.41, 5.74) is 4.40. The fourth-order valence-electron chi connectivity index (χ4n) is 2.69. The van der Waals surface area contributed by atoms with Gasteiger partial charge < -0.3 is 4.74 Å². The average Bonchev–Trinajstić information content (AvgIpc) is 2.84. The highest BCUT2D eigenvalue weighted by Gasteiger charge is 2.30. The Morgan fingerprint density at radius 3 is 3.00 bits per heavy atom. The van der Waals surface area contributed by atoms with Crippen molar-refractivity contribution in [2.24, 2.45) is 11.8 Å². The van der Waals surface area contributed by atoms with Gasteiger partial charge >= 0.3 is 0 Å². The number of hydrogen-bond donors (Lipinski definition) is 2. The number of rotatable bonds is 8. The molecule has 18 heavy (non-hydrogen) atoms. The second-order valence-corrected chi connectivity index (χ2v) is 5.96. The van der Waals surface area contributed by atoms with Gasteiger partial charge in [-0.2, -0.15) is 11.3 Å². The largest absolute Gasteiger partial charge is 0.378 e. The number of hydrazine groups is 1. The normalized spacial score (nSPS) is 24.8. The Bertz CT molecular complexity index is 323. The zero-order valence-electron chi connectivity index (χ0n) is 11.1. The van der Waals surface area contributed by atoms with Gasteiger partial charge in [0.1, 0.15) is 0 Å². The maximum Gasteiger partial charge on any atom is 0.0580 e. The molecule has 0 bridgehead atoms. The highest BCUT2D eigenvalue weighted by Crippen LogP contribution is 2.34. The van der Waals surface area contributed by atoms with Crippen LogP contribution in [0.5, 0.6) is 0 Å². The molecule has 1 heterocycles. The van der Waals surface area contributed by atoms with Crippen LogP contribution < -0.4 is 11.3 Å². The number of nitrogens with two attached hydrogens (primary N) is 1. The van der Waals surface area contributed by atoms with Gasteiger partial charge in [-0.15, -0.1) is 0 Å². The minimum Gasteiger partial charge on any atom is -0.378 e. The quantitative estimate of drug-likeness (QED) is 0.563. The van der Waals surface area contributed by atoms with Crippen molar-refractivity contribution in [3.8, 4) is 0 Å². The fourth-order valence-corrected chi connectivity index (χ4v) is 3.39. The van der Waals surface area contributed by atoms with Crippen LogP contribution in [0.2, 0.25) is 0 Å². The van der Waals surface area contributed by atoms with E-state index in [1.165, 1.54) is 24.8 Å². The molecule has 1 fully saturated rings. The van der Waals surface area contributed by atoms with Crippen LogP contribution in [-0.4, -0.2) is 18.8 Å². The van der Waals surface area contributed by atoms with E-state index in [9.17, 15) is 0 Å². The Labute approximate surface area is 114 Å². The standard InChI is InChI=1S/C14H24N2OS/c1-2-17-14-8-12(9-14)7-13(16-15)4-3-11-5-6-18-10-11/h5-6,10,12-14,16H,2-4,7-9,15H2,1H3. The lowest BCUT2D eigenvalue weighted by Crippen LogP contribution is -2.41. The van der Waals surface area contributed by atoms with E-state index in [2.05, 4.69) is 29.2 Å². The van der Waals surface area contributed by atoms with Gasteiger partial charge in [-0.05, 0) is 67.3 Å².